The number of ether oxygens (including phenoxy) is 1. The molecule has 2 aliphatic heterocycles. The van der Waals surface area contributed by atoms with Crippen molar-refractivity contribution in [2.24, 2.45) is 0 Å². The average Bonchev–Trinajstić information content (AvgIpc) is 3.16. The van der Waals surface area contributed by atoms with Gasteiger partial charge < -0.3 is 25.0 Å². The maximum Gasteiger partial charge on any atom is 0.292 e. The SMILES string of the molecule is O=C(NCC1(O)CCOC1)c1noc(C2CCCN2)n1. The van der Waals surface area contributed by atoms with Crippen molar-refractivity contribution in [1.29, 1.82) is 0 Å². The van der Waals surface area contributed by atoms with Crippen molar-refractivity contribution < 1.29 is 19.2 Å². The molecule has 8 heteroatoms. The Kier molecular flexibility index (Phi) is 3.68. The van der Waals surface area contributed by atoms with E-state index < -0.39 is 11.5 Å². The molecule has 0 aromatic carbocycles. The summed E-state index contributed by atoms with van der Waals surface area (Å²) in [5, 5.41) is 19.6. The lowest BCUT2D eigenvalue weighted by molar-refractivity contribution is 0.0263. The molecule has 3 N–H and O–H groups in total. The lowest BCUT2D eigenvalue weighted by atomic mass is 10.0. The monoisotopic (exact) mass is 282 g/mol. The Bertz CT molecular complexity index is 478. The van der Waals surface area contributed by atoms with Crippen molar-refractivity contribution in [2.75, 3.05) is 26.3 Å². The lowest BCUT2D eigenvalue weighted by Crippen LogP contribution is -2.43. The molecule has 110 valence electrons. The molecular weight excluding hydrogens is 264 g/mol. The van der Waals surface area contributed by atoms with Crippen molar-refractivity contribution in [3.8, 4) is 0 Å². The van der Waals surface area contributed by atoms with Crippen LogP contribution in [0.15, 0.2) is 4.52 Å². The van der Waals surface area contributed by atoms with E-state index in [1.807, 2.05) is 0 Å². The first-order valence-electron chi connectivity index (χ1n) is 6.82. The summed E-state index contributed by atoms with van der Waals surface area (Å²) in [6.45, 7) is 1.78. The average molecular weight is 282 g/mol. The minimum absolute atomic E-state index is 0.00350. The summed E-state index contributed by atoms with van der Waals surface area (Å²) in [6, 6.07) is 0.0384. The summed E-state index contributed by atoms with van der Waals surface area (Å²) in [4.78, 5) is 16.0. The van der Waals surface area contributed by atoms with Crippen LogP contribution in [0.25, 0.3) is 0 Å². The summed E-state index contributed by atoms with van der Waals surface area (Å²) >= 11 is 0. The first kappa shape index (κ1) is 13.5. The van der Waals surface area contributed by atoms with Crippen LogP contribution in [-0.4, -0.2) is 53.1 Å². The van der Waals surface area contributed by atoms with Crippen LogP contribution in [0.3, 0.4) is 0 Å². The normalized spacial score (nSPS) is 29.8. The smallest absolute Gasteiger partial charge is 0.292 e. The van der Waals surface area contributed by atoms with Gasteiger partial charge in [0.05, 0.1) is 12.6 Å². The molecule has 20 heavy (non-hydrogen) atoms. The Morgan fingerprint density at radius 3 is 3.20 bits per heavy atom. The minimum atomic E-state index is -0.991. The highest BCUT2D eigenvalue weighted by atomic mass is 16.5. The van der Waals surface area contributed by atoms with Gasteiger partial charge in [0.1, 0.15) is 5.60 Å². The molecule has 1 aromatic rings. The van der Waals surface area contributed by atoms with Crippen LogP contribution in [0.4, 0.5) is 0 Å². The van der Waals surface area contributed by atoms with Gasteiger partial charge in [0.25, 0.3) is 11.7 Å². The van der Waals surface area contributed by atoms with Crippen molar-refractivity contribution >= 4 is 5.91 Å². The van der Waals surface area contributed by atoms with E-state index in [4.69, 9.17) is 9.26 Å². The number of nitrogens with one attached hydrogen (secondary N) is 2. The van der Waals surface area contributed by atoms with Gasteiger partial charge in [0.2, 0.25) is 5.89 Å². The van der Waals surface area contributed by atoms with Crippen LogP contribution in [0, 0.1) is 0 Å². The number of nitrogens with zero attached hydrogens (tertiary/aromatic N) is 2. The van der Waals surface area contributed by atoms with E-state index in [2.05, 4.69) is 20.8 Å². The van der Waals surface area contributed by atoms with Crippen LogP contribution >= 0.6 is 0 Å². The second-order valence-corrected chi connectivity index (χ2v) is 5.31. The molecule has 8 nitrogen and oxygen atoms in total. The van der Waals surface area contributed by atoms with Gasteiger partial charge in [-0.15, -0.1) is 0 Å². The molecule has 0 radical (unpaired) electrons. The predicted octanol–water partition coefficient (Wildman–Crippen LogP) is -0.625. The van der Waals surface area contributed by atoms with E-state index in [9.17, 15) is 9.90 Å². The first-order valence-corrected chi connectivity index (χ1v) is 6.82. The van der Waals surface area contributed by atoms with E-state index in [0.717, 1.165) is 19.4 Å². The third kappa shape index (κ3) is 2.82. The zero-order chi connectivity index (χ0) is 14.0. The fourth-order valence-electron chi connectivity index (χ4n) is 2.42. The molecule has 2 aliphatic rings. The topological polar surface area (TPSA) is 110 Å². The number of carbonyl (C=O) groups excluding carboxylic acids is 1. The number of hydrogen-bond acceptors (Lipinski definition) is 7. The van der Waals surface area contributed by atoms with Crippen LogP contribution in [0.1, 0.15) is 41.8 Å². The third-order valence-electron chi connectivity index (χ3n) is 3.66. The maximum absolute atomic E-state index is 11.9. The molecule has 0 saturated carbocycles. The first-order chi connectivity index (χ1) is 9.66. The molecule has 2 saturated heterocycles. The van der Waals surface area contributed by atoms with Crippen LogP contribution in [0.5, 0.6) is 0 Å². The van der Waals surface area contributed by atoms with Gasteiger partial charge in [-0.2, -0.15) is 4.98 Å². The van der Waals surface area contributed by atoms with Crippen LogP contribution in [-0.2, 0) is 4.74 Å². The van der Waals surface area contributed by atoms with E-state index in [1.54, 1.807) is 0 Å². The van der Waals surface area contributed by atoms with E-state index in [0.29, 0.717) is 18.9 Å². The number of hydrogen-bond donors (Lipinski definition) is 3. The molecule has 2 atom stereocenters. The zero-order valence-corrected chi connectivity index (χ0v) is 11.1. The Morgan fingerprint density at radius 1 is 1.60 bits per heavy atom. The quantitative estimate of drug-likeness (QED) is 0.674. The molecule has 1 aromatic heterocycles. The Labute approximate surface area is 115 Å². The number of amides is 1. The molecule has 0 bridgehead atoms. The Balaban J connectivity index is 1.57. The highest BCUT2D eigenvalue weighted by Gasteiger charge is 2.33. The largest absolute Gasteiger partial charge is 0.386 e. The minimum Gasteiger partial charge on any atom is -0.386 e. The molecule has 0 aliphatic carbocycles. The molecular formula is C12H18N4O4. The summed E-state index contributed by atoms with van der Waals surface area (Å²) in [5.41, 5.74) is -0.991. The fraction of sp³-hybridized carbons (Fsp3) is 0.750. The van der Waals surface area contributed by atoms with Gasteiger partial charge in [-0.05, 0) is 19.4 Å². The summed E-state index contributed by atoms with van der Waals surface area (Å²) in [6.07, 6.45) is 2.50. The van der Waals surface area contributed by atoms with Gasteiger partial charge in [-0.3, -0.25) is 4.79 Å². The third-order valence-corrected chi connectivity index (χ3v) is 3.66. The number of aliphatic hydroxyl groups is 1. The molecule has 2 unspecified atom stereocenters. The molecule has 0 spiro atoms. The van der Waals surface area contributed by atoms with Gasteiger partial charge in [-0.25, -0.2) is 0 Å². The number of aromatic nitrogens is 2. The molecule has 2 fully saturated rings. The second kappa shape index (κ2) is 5.47. The van der Waals surface area contributed by atoms with E-state index >= 15 is 0 Å². The predicted molar refractivity (Wildman–Crippen MR) is 67.0 cm³/mol. The Hall–Kier alpha value is -1.51. The highest BCUT2D eigenvalue weighted by Crippen LogP contribution is 2.21. The van der Waals surface area contributed by atoms with E-state index in [1.165, 1.54) is 0 Å². The molecule has 1 amide bonds. The number of carbonyl (C=O) groups is 1. The summed E-state index contributed by atoms with van der Waals surface area (Å²) < 4.78 is 10.2. The van der Waals surface area contributed by atoms with E-state index in [-0.39, 0.29) is 25.0 Å². The lowest BCUT2D eigenvalue weighted by Gasteiger charge is -2.19. The van der Waals surface area contributed by atoms with Crippen LogP contribution in [0.2, 0.25) is 0 Å². The van der Waals surface area contributed by atoms with Crippen molar-refractivity contribution in [1.82, 2.24) is 20.8 Å². The highest BCUT2D eigenvalue weighted by molar-refractivity contribution is 5.90. The second-order valence-electron chi connectivity index (χ2n) is 5.31. The van der Waals surface area contributed by atoms with Gasteiger partial charge in [0, 0.05) is 19.6 Å². The van der Waals surface area contributed by atoms with Gasteiger partial charge in [0.15, 0.2) is 0 Å². The molecule has 3 heterocycles. The van der Waals surface area contributed by atoms with Crippen LogP contribution < -0.4 is 10.6 Å². The van der Waals surface area contributed by atoms with Crippen molar-refractivity contribution in [3.63, 3.8) is 0 Å². The maximum atomic E-state index is 11.9. The molecule has 3 rings (SSSR count). The number of rotatable bonds is 4. The fourth-order valence-corrected chi connectivity index (χ4v) is 2.42. The van der Waals surface area contributed by atoms with Gasteiger partial charge in [-0.1, -0.05) is 5.16 Å². The zero-order valence-electron chi connectivity index (χ0n) is 11.1. The Morgan fingerprint density at radius 2 is 2.50 bits per heavy atom. The summed E-state index contributed by atoms with van der Waals surface area (Å²) in [5.74, 6) is -0.00917. The van der Waals surface area contributed by atoms with Gasteiger partial charge >= 0.3 is 0 Å². The standard InChI is InChI=1S/C12H18N4O4/c17-10(14-6-12(18)3-5-19-7-12)9-15-11(20-16-9)8-2-1-4-13-8/h8,13,18H,1-7H2,(H,14,17). The van der Waals surface area contributed by atoms with Crippen molar-refractivity contribution in [2.45, 2.75) is 30.9 Å². The summed E-state index contributed by atoms with van der Waals surface area (Å²) in [7, 11) is 0. The van der Waals surface area contributed by atoms with Crippen molar-refractivity contribution in [3.05, 3.63) is 11.7 Å².